The van der Waals surface area contributed by atoms with Gasteiger partial charge in [0.1, 0.15) is 6.04 Å². The van der Waals surface area contributed by atoms with Crippen molar-refractivity contribution >= 4 is 5.91 Å². The molecule has 0 spiro atoms. The van der Waals surface area contributed by atoms with Crippen molar-refractivity contribution in [1.29, 1.82) is 0 Å². The van der Waals surface area contributed by atoms with Crippen LogP contribution >= 0.6 is 0 Å². The minimum Gasteiger partial charge on any atom is -0.318 e. The van der Waals surface area contributed by atoms with Crippen LogP contribution in [0.5, 0.6) is 0 Å². The fraction of sp³-hybridized carbons (Fsp3) is 0.222. The number of carbonyl (C=O) groups is 1. The van der Waals surface area contributed by atoms with Crippen LogP contribution in [0.15, 0.2) is 34.3 Å². The molecule has 1 amide bonds. The molecule has 4 nitrogen and oxygen atoms in total. The number of benzene rings is 1. The van der Waals surface area contributed by atoms with E-state index >= 15 is 0 Å². The zero-order valence-corrected chi connectivity index (χ0v) is 6.97. The van der Waals surface area contributed by atoms with Crippen LogP contribution in [0.2, 0.25) is 0 Å². The molecule has 1 atom stereocenters. The van der Waals surface area contributed by atoms with Gasteiger partial charge in [-0.25, -0.2) is 4.99 Å². The summed E-state index contributed by atoms with van der Waals surface area (Å²) in [5.74, 6) is -0.297. The number of fused-ring (bicyclic) bond motifs is 1. The van der Waals surface area contributed by atoms with E-state index in [1.807, 2.05) is 18.2 Å². The Morgan fingerprint density at radius 1 is 1.31 bits per heavy atom. The van der Waals surface area contributed by atoms with Crippen molar-refractivity contribution in [2.45, 2.75) is 6.04 Å². The molecule has 0 bridgehead atoms. The summed E-state index contributed by atoms with van der Waals surface area (Å²) in [4.78, 5) is 19.3. The Balaban J connectivity index is 2.70. The van der Waals surface area contributed by atoms with Crippen LogP contribution < -0.4 is 16.4 Å². The zero-order valence-electron chi connectivity index (χ0n) is 6.97. The van der Waals surface area contributed by atoms with Crippen molar-refractivity contribution in [3.8, 4) is 0 Å². The predicted molar refractivity (Wildman–Crippen MR) is 46.6 cm³/mol. The summed E-state index contributed by atoms with van der Waals surface area (Å²) in [5, 5.41) is 1.35. The molecule has 1 heterocycles. The second-order valence-corrected chi connectivity index (χ2v) is 2.89. The summed E-state index contributed by atoms with van der Waals surface area (Å²) in [6.45, 7) is 0.319. The van der Waals surface area contributed by atoms with Gasteiger partial charge in [-0.3, -0.25) is 9.79 Å². The van der Waals surface area contributed by atoms with Gasteiger partial charge in [0.15, 0.2) is 0 Å². The van der Waals surface area contributed by atoms with E-state index in [1.54, 1.807) is 6.07 Å². The SMILES string of the molecule is N[C@@H]1CN=c2ccccc2=NC1=O. The second-order valence-electron chi connectivity index (χ2n) is 2.89. The molecule has 1 aromatic carbocycles. The lowest BCUT2D eigenvalue weighted by molar-refractivity contribution is -0.119. The maximum Gasteiger partial charge on any atom is 0.265 e. The van der Waals surface area contributed by atoms with Crippen molar-refractivity contribution in [1.82, 2.24) is 0 Å². The first kappa shape index (κ1) is 8.07. The zero-order chi connectivity index (χ0) is 9.26. The maximum absolute atomic E-state index is 11.2. The first-order valence-electron chi connectivity index (χ1n) is 4.05. The lowest BCUT2D eigenvalue weighted by Gasteiger charge is -1.98. The molecule has 0 aromatic heterocycles. The average molecular weight is 175 g/mol. The number of carbonyl (C=O) groups excluding carboxylic acids is 1. The highest BCUT2D eigenvalue weighted by atomic mass is 16.1. The number of nitrogens with two attached hydrogens (primary N) is 1. The van der Waals surface area contributed by atoms with Crippen LogP contribution in [0.25, 0.3) is 0 Å². The summed E-state index contributed by atoms with van der Waals surface area (Å²) in [5.41, 5.74) is 5.52. The molecule has 2 N–H and O–H groups in total. The van der Waals surface area contributed by atoms with Crippen LogP contribution in [0.3, 0.4) is 0 Å². The number of rotatable bonds is 0. The van der Waals surface area contributed by atoms with Crippen LogP contribution in [0.1, 0.15) is 0 Å². The quantitative estimate of drug-likeness (QED) is 0.537. The fourth-order valence-electron chi connectivity index (χ4n) is 1.17. The van der Waals surface area contributed by atoms with E-state index < -0.39 is 6.04 Å². The van der Waals surface area contributed by atoms with E-state index in [4.69, 9.17) is 5.73 Å². The van der Waals surface area contributed by atoms with Crippen molar-refractivity contribution in [2.24, 2.45) is 15.7 Å². The van der Waals surface area contributed by atoms with E-state index in [2.05, 4.69) is 9.98 Å². The number of hydrogen-bond acceptors (Lipinski definition) is 3. The largest absolute Gasteiger partial charge is 0.318 e. The molecule has 2 rings (SSSR count). The van der Waals surface area contributed by atoms with Gasteiger partial charge in [-0.1, -0.05) is 12.1 Å². The Morgan fingerprint density at radius 2 is 2.00 bits per heavy atom. The minimum atomic E-state index is -0.590. The third-order valence-corrected chi connectivity index (χ3v) is 1.89. The highest BCUT2D eigenvalue weighted by Crippen LogP contribution is 1.87. The van der Waals surface area contributed by atoms with Gasteiger partial charge in [0.05, 0.1) is 17.3 Å². The Hall–Kier alpha value is -1.55. The Labute approximate surface area is 74.8 Å². The normalized spacial score (nSPS) is 21.0. The molecule has 13 heavy (non-hydrogen) atoms. The lowest BCUT2D eigenvalue weighted by Crippen LogP contribution is -2.31. The van der Waals surface area contributed by atoms with E-state index in [-0.39, 0.29) is 5.91 Å². The third-order valence-electron chi connectivity index (χ3n) is 1.89. The summed E-state index contributed by atoms with van der Waals surface area (Å²) in [6, 6.07) is 6.67. The molecule has 0 unspecified atom stereocenters. The van der Waals surface area contributed by atoms with Crippen LogP contribution in [0.4, 0.5) is 0 Å². The highest BCUT2D eigenvalue weighted by Gasteiger charge is 2.13. The number of amides is 1. The van der Waals surface area contributed by atoms with Crippen molar-refractivity contribution in [3.63, 3.8) is 0 Å². The molecule has 1 aliphatic heterocycles. The standard InChI is InChI=1S/C9H9N3O/c10-6-5-11-7-3-1-2-4-8(7)12-9(6)13/h1-4,6H,5,10H2/t6-/m1/s1. The molecule has 1 aliphatic rings. The highest BCUT2D eigenvalue weighted by molar-refractivity contribution is 5.82. The van der Waals surface area contributed by atoms with Crippen LogP contribution in [-0.2, 0) is 4.79 Å². The summed E-state index contributed by atoms with van der Waals surface area (Å²) in [6.07, 6.45) is 0. The maximum atomic E-state index is 11.2. The van der Waals surface area contributed by atoms with Gasteiger partial charge in [-0.2, -0.15) is 0 Å². The van der Waals surface area contributed by atoms with Crippen LogP contribution in [0, 0.1) is 0 Å². The Bertz CT molecular complexity index is 452. The lowest BCUT2D eigenvalue weighted by atomic mass is 10.3. The first-order valence-corrected chi connectivity index (χ1v) is 4.05. The number of para-hydroxylation sites is 2. The molecule has 0 saturated heterocycles. The van der Waals surface area contributed by atoms with E-state index in [0.29, 0.717) is 11.9 Å². The Morgan fingerprint density at radius 3 is 2.77 bits per heavy atom. The molecule has 66 valence electrons. The van der Waals surface area contributed by atoms with Gasteiger partial charge in [-0.15, -0.1) is 0 Å². The molecule has 0 fully saturated rings. The summed E-state index contributed by atoms with van der Waals surface area (Å²) in [7, 11) is 0. The molecule has 0 saturated carbocycles. The monoisotopic (exact) mass is 175 g/mol. The predicted octanol–water partition coefficient (Wildman–Crippen LogP) is -1.21. The van der Waals surface area contributed by atoms with Gasteiger partial charge in [-0.05, 0) is 12.1 Å². The summed E-state index contributed by atoms with van der Waals surface area (Å²) >= 11 is 0. The van der Waals surface area contributed by atoms with Gasteiger partial charge in [0.2, 0.25) is 0 Å². The van der Waals surface area contributed by atoms with Crippen molar-refractivity contribution < 1.29 is 4.79 Å². The third kappa shape index (κ3) is 1.48. The average Bonchev–Trinajstić information content (AvgIpc) is 2.28. The molecule has 0 radical (unpaired) electrons. The molecule has 1 aromatic rings. The van der Waals surface area contributed by atoms with Gasteiger partial charge >= 0.3 is 0 Å². The first-order chi connectivity index (χ1) is 6.27. The molecular weight excluding hydrogens is 166 g/mol. The fourth-order valence-corrected chi connectivity index (χ4v) is 1.17. The minimum absolute atomic E-state index is 0.297. The number of hydrogen-bond donors (Lipinski definition) is 1. The van der Waals surface area contributed by atoms with Gasteiger partial charge in [0.25, 0.3) is 5.91 Å². The van der Waals surface area contributed by atoms with E-state index in [0.717, 1.165) is 5.36 Å². The molecule has 4 heteroatoms. The van der Waals surface area contributed by atoms with E-state index in [9.17, 15) is 4.79 Å². The van der Waals surface area contributed by atoms with Crippen molar-refractivity contribution in [3.05, 3.63) is 35.0 Å². The van der Waals surface area contributed by atoms with Gasteiger partial charge in [0, 0.05) is 0 Å². The summed E-state index contributed by atoms with van der Waals surface area (Å²) < 4.78 is 0. The topological polar surface area (TPSA) is 67.8 Å². The number of nitrogens with zero attached hydrogens (tertiary/aromatic N) is 2. The van der Waals surface area contributed by atoms with Crippen LogP contribution in [-0.4, -0.2) is 18.5 Å². The second kappa shape index (κ2) is 3.06. The van der Waals surface area contributed by atoms with Crippen molar-refractivity contribution in [2.75, 3.05) is 6.54 Å². The van der Waals surface area contributed by atoms with Gasteiger partial charge < -0.3 is 5.73 Å². The molecule has 0 aliphatic carbocycles. The molecular formula is C9H9N3O. The van der Waals surface area contributed by atoms with E-state index in [1.165, 1.54) is 0 Å². The Kier molecular flexibility index (Phi) is 1.90. The smallest absolute Gasteiger partial charge is 0.265 e.